The Labute approximate surface area is 82.8 Å². The molecule has 0 bridgehead atoms. The summed E-state index contributed by atoms with van der Waals surface area (Å²) in [5.41, 5.74) is 6.45. The average molecular weight is 197 g/mol. The van der Waals surface area contributed by atoms with Gasteiger partial charge in [-0.3, -0.25) is 0 Å². The molecule has 1 aliphatic heterocycles. The molecular weight excluding hydrogens is 182 g/mol. The summed E-state index contributed by atoms with van der Waals surface area (Å²) in [7, 11) is 0. The number of rotatable bonds is 3. The van der Waals surface area contributed by atoms with E-state index in [0.29, 0.717) is 13.2 Å². The summed E-state index contributed by atoms with van der Waals surface area (Å²) in [4.78, 5) is 4.06. The van der Waals surface area contributed by atoms with Crippen LogP contribution >= 0.6 is 0 Å². The van der Waals surface area contributed by atoms with Crippen LogP contribution in [0.4, 0.5) is 0 Å². The van der Waals surface area contributed by atoms with E-state index >= 15 is 0 Å². The molecular formula is C9H15N3O2. The first-order valence-corrected chi connectivity index (χ1v) is 4.82. The van der Waals surface area contributed by atoms with Crippen molar-refractivity contribution in [3.63, 3.8) is 0 Å². The van der Waals surface area contributed by atoms with Crippen LogP contribution in [0.3, 0.4) is 0 Å². The normalized spacial score (nSPS) is 27.0. The van der Waals surface area contributed by atoms with Crippen LogP contribution in [0.25, 0.3) is 0 Å². The fourth-order valence-electron chi connectivity index (χ4n) is 1.52. The largest absolute Gasteiger partial charge is 0.344 e. The van der Waals surface area contributed by atoms with Crippen molar-refractivity contribution >= 4 is 0 Å². The van der Waals surface area contributed by atoms with Crippen molar-refractivity contribution in [1.29, 1.82) is 0 Å². The van der Waals surface area contributed by atoms with Crippen molar-refractivity contribution in [1.82, 2.24) is 9.55 Å². The molecule has 1 aliphatic rings. The summed E-state index contributed by atoms with van der Waals surface area (Å²) in [6.07, 6.45) is 3.26. The van der Waals surface area contributed by atoms with Gasteiger partial charge in [0, 0.05) is 13.1 Å². The Morgan fingerprint density at radius 2 is 2.57 bits per heavy atom. The van der Waals surface area contributed by atoms with Gasteiger partial charge in [-0.1, -0.05) is 0 Å². The number of hydrogen-bond acceptors (Lipinski definition) is 4. The van der Waals surface area contributed by atoms with Crippen LogP contribution < -0.4 is 5.73 Å². The maximum Gasteiger partial charge on any atom is 0.201 e. The highest BCUT2D eigenvalue weighted by molar-refractivity contribution is 5.01. The number of aromatic nitrogens is 2. The quantitative estimate of drug-likeness (QED) is 0.755. The standard InChI is InChI=1S/C9H15N3O2/c1-2-12-6-11-4-8(12)9-13-5-7(3-10)14-9/h4,6-7,9H,2-3,5,10H2,1H3. The summed E-state index contributed by atoms with van der Waals surface area (Å²) >= 11 is 0. The summed E-state index contributed by atoms with van der Waals surface area (Å²) in [6.45, 7) is 3.99. The van der Waals surface area contributed by atoms with E-state index in [0.717, 1.165) is 12.2 Å². The van der Waals surface area contributed by atoms with Crippen LogP contribution in [0.5, 0.6) is 0 Å². The third-order valence-electron chi connectivity index (χ3n) is 2.34. The van der Waals surface area contributed by atoms with Crippen molar-refractivity contribution < 1.29 is 9.47 Å². The maximum atomic E-state index is 5.59. The third-order valence-corrected chi connectivity index (χ3v) is 2.34. The number of imidazole rings is 1. The number of nitrogens with zero attached hydrogens (tertiary/aromatic N) is 2. The summed E-state index contributed by atoms with van der Waals surface area (Å²) in [5.74, 6) is 0. The molecule has 1 saturated heterocycles. The van der Waals surface area contributed by atoms with Gasteiger partial charge in [-0.25, -0.2) is 4.98 Å². The molecule has 5 heteroatoms. The molecule has 0 saturated carbocycles. The smallest absolute Gasteiger partial charge is 0.201 e. The molecule has 2 N–H and O–H groups in total. The van der Waals surface area contributed by atoms with Crippen molar-refractivity contribution in [3.8, 4) is 0 Å². The molecule has 2 rings (SSSR count). The molecule has 5 nitrogen and oxygen atoms in total. The van der Waals surface area contributed by atoms with E-state index in [1.807, 2.05) is 4.57 Å². The Morgan fingerprint density at radius 3 is 3.21 bits per heavy atom. The van der Waals surface area contributed by atoms with Gasteiger partial charge in [0.2, 0.25) is 6.29 Å². The van der Waals surface area contributed by atoms with E-state index in [-0.39, 0.29) is 12.4 Å². The lowest BCUT2D eigenvalue weighted by Gasteiger charge is -2.11. The molecule has 1 aromatic heterocycles. The lowest BCUT2D eigenvalue weighted by Crippen LogP contribution is -2.21. The first-order chi connectivity index (χ1) is 6.85. The molecule has 14 heavy (non-hydrogen) atoms. The second kappa shape index (κ2) is 4.08. The van der Waals surface area contributed by atoms with Gasteiger partial charge in [0.05, 0.1) is 30.9 Å². The van der Waals surface area contributed by atoms with Crippen LogP contribution in [-0.4, -0.2) is 28.8 Å². The molecule has 0 aliphatic carbocycles. The molecule has 1 aromatic rings. The fraction of sp³-hybridized carbons (Fsp3) is 0.667. The molecule has 78 valence electrons. The van der Waals surface area contributed by atoms with E-state index in [4.69, 9.17) is 15.2 Å². The zero-order chi connectivity index (χ0) is 9.97. The molecule has 0 radical (unpaired) electrons. The lowest BCUT2D eigenvalue weighted by molar-refractivity contribution is -0.0636. The number of aryl methyl sites for hydroxylation is 1. The Morgan fingerprint density at radius 1 is 1.71 bits per heavy atom. The van der Waals surface area contributed by atoms with Gasteiger partial charge in [0.25, 0.3) is 0 Å². The predicted octanol–water partition coefficient (Wildman–Crippen LogP) is 0.276. The lowest BCUT2D eigenvalue weighted by atomic mass is 10.4. The van der Waals surface area contributed by atoms with Crippen LogP contribution in [0.2, 0.25) is 0 Å². The SMILES string of the molecule is CCn1cncc1C1OCC(CN)O1. The van der Waals surface area contributed by atoms with Gasteiger partial charge in [-0.2, -0.15) is 0 Å². The van der Waals surface area contributed by atoms with Crippen molar-refractivity contribution in [3.05, 3.63) is 18.2 Å². The molecule has 0 aromatic carbocycles. The van der Waals surface area contributed by atoms with Crippen LogP contribution in [-0.2, 0) is 16.0 Å². The fourth-order valence-corrected chi connectivity index (χ4v) is 1.52. The van der Waals surface area contributed by atoms with Crippen molar-refractivity contribution in [2.75, 3.05) is 13.2 Å². The minimum Gasteiger partial charge on any atom is -0.344 e. The Balaban J connectivity index is 2.09. The summed E-state index contributed by atoms with van der Waals surface area (Å²) in [5, 5.41) is 0. The van der Waals surface area contributed by atoms with Gasteiger partial charge >= 0.3 is 0 Å². The average Bonchev–Trinajstić information content (AvgIpc) is 2.85. The number of ether oxygens (including phenoxy) is 2. The zero-order valence-corrected chi connectivity index (χ0v) is 8.22. The predicted molar refractivity (Wildman–Crippen MR) is 50.5 cm³/mol. The van der Waals surface area contributed by atoms with E-state index in [1.165, 1.54) is 0 Å². The Kier molecular flexibility index (Phi) is 2.81. The minimum absolute atomic E-state index is 0.0141. The van der Waals surface area contributed by atoms with Gasteiger partial charge < -0.3 is 19.8 Å². The highest BCUT2D eigenvalue weighted by Crippen LogP contribution is 2.25. The van der Waals surface area contributed by atoms with E-state index in [9.17, 15) is 0 Å². The van der Waals surface area contributed by atoms with Gasteiger partial charge in [0.1, 0.15) is 0 Å². The summed E-state index contributed by atoms with van der Waals surface area (Å²) in [6, 6.07) is 0. The van der Waals surface area contributed by atoms with Gasteiger partial charge in [-0.05, 0) is 6.92 Å². The highest BCUT2D eigenvalue weighted by Gasteiger charge is 2.28. The van der Waals surface area contributed by atoms with E-state index in [2.05, 4.69) is 11.9 Å². The third kappa shape index (κ3) is 1.66. The molecule has 0 spiro atoms. The molecule has 1 fully saturated rings. The molecule has 2 unspecified atom stereocenters. The monoisotopic (exact) mass is 197 g/mol. The maximum absolute atomic E-state index is 5.59. The Bertz CT molecular complexity index is 300. The van der Waals surface area contributed by atoms with Crippen molar-refractivity contribution in [2.45, 2.75) is 25.9 Å². The van der Waals surface area contributed by atoms with E-state index < -0.39 is 0 Å². The molecule has 2 heterocycles. The molecule has 2 atom stereocenters. The topological polar surface area (TPSA) is 62.3 Å². The van der Waals surface area contributed by atoms with Gasteiger partial charge in [0.15, 0.2) is 0 Å². The van der Waals surface area contributed by atoms with Crippen LogP contribution in [0.15, 0.2) is 12.5 Å². The second-order valence-corrected chi connectivity index (χ2v) is 3.26. The first kappa shape index (κ1) is 9.64. The van der Waals surface area contributed by atoms with Crippen molar-refractivity contribution in [2.24, 2.45) is 5.73 Å². The number of nitrogens with two attached hydrogens (primary N) is 1. The van der Waals surface area contributed by atoms with E-state index in [1.54, 1.807) is 12.5 Å². The summed E-state index contributed by atoms with van der Waals surface area (Å²) < 4.78 is 13.1. The Hall–Kier alpha value is -0.910. The minimum atomic E-state index is -0.300. The van der Waals surface area contributed by atoms with Crippen LogP contribution in [0.1, 0.15) is 18.9 Å². The molecule has 0 amide bonds. The second-order valence-electron chi connectivity index (χ2n) is 3.26. The zero-order valence-electron chi connectivity index (χ0n) is 8.22. The highest BCUT2D eigenvalue weighted by atomic mass is 16.7. The number of hydrogen-bond donors (Lipinski definition) is 1. The van der Waals surface area contributed by atoms with Gasteiger partial charge in [-0.15, -0.1) is 0 Å². The van der Waals surface area contributed by atoms with Crippen LogP contribution in [0, 0.1) is 0 Å². The first-order valence-electron chi connectivity index (χ1n) is 4.82.